The molecule has 0 saturated carbocycles. The van der Waals surface area contributed by atoms with Crippen molar-refractivity contribution in [2.75, 3.05) is 5.32 Å². The number of amides is 2. The SMILES string of the molecule is Cc1cc(NC(=O)NCc2ccc(Cl)cc2)sn1. The molecule has 0 aliphatic carbocycles. The van der Waals surface area contributed by atoms with Crippen LogP contribution in [0.25, 0.3) is 0 Å². The van der Waals surface area contributed by atoms with Gasteiger partial charge in [-0.3, -0.25) is 5.32 Å². The van der Waals surface area contributed by atoms with E-state index in [9.17, 15) is 4.79 Å². The fourth-order valence-corrected chi connectivity index (χ4v) is 2.15. The molecule has 0 spiro atoms. The Morgan fingerprint density at radius 3 is 2.72 bits per heavy atom. The first-order chi connectivity index (χ1) is 8.63. The first kappa shape index (κ1) is 12.9. The van der Waals surface area contributed by atoms with E-state index in [0.717, 1.165) is 16.3 Å². The molecule has 0 fully saturated rings. The number of hydrogen-bond acceptors (Lipinski definition) is 3. The van der Waals surface area contributed by atoms with E-state index < -0.39 is 0 Å². The summed E-state index contributed by atoms with van der Waals surface area (Å²) in [5, 5.41) is 6.91. The Bertz CT molecular complexity index is 539. The average molecular weight is 282 g/mol. The van der Waals surface area contributed by atoms with E-state index in [1.807, 2.05) is 25.1 Å². The summed E-state index contributed by atoms with van der Waals surface area (Å²) in [6.45, 7) is 2.34. The molecule has 2 N–H and O–H groups in total. The highest BCUT2D eigenvalue weighted by molar-refractivity contribution is 7.10. The van der Waals surface area contributed by atoms with Crippen molar-refractivity contribution < 1.29 is 4.79 Å². The zero-order chi connectivity index (χ0) is 13.0. The number of anilines is 1. The fraction of sp³-hybridized carbons (Fsp3) is 0.167. The molecular formula is C12H12ClN3OS. The molecule has 0 unspecified atom stereocenters. The number of aryl methyl sites for hydroxylation is 1. The number of benzene rings is 1. The molecule has 2 amide bonds. The summed E-state index contributed by atoms with van der Waals surface area (Å²) in [6.07, 6.45) is 0. The van der Waals surface area contributed by atoms with E-state index in [0.29, 0.717) is 11.6 Å². The van der Waals surface area contributed by atoms with Gasteiger partial charge < -0.3 is 5.32 Å². The Morgan fingerprint density at radius 2 is 2.11 bits per heavy atom. The van der Waals surface area contributed by atoms with Gasteiger partial charge in [0.1, 0.15) is 5.00 Å². The lowest BCUT2D eigenvalue weighted by molar-refractivity contribution is 0.252. The van der Waals surface area contributed by atoms with Crippen molar-refractivity contribution in [1.29, 1.82) is 0 Å². The smallest absolute Gasteiger partial charge is 0.320 e. The van der Waals surface area contributed by atoms with Crippen LogP contribution in [0, 0.1) is 6.92 Å². The van der Waals surface area contributed by atoms with Crippen LogP contribution in [-0.2, 0) is 6.54 Å². The van der Waals surface area contributed by atoms with Gasteiger partial charge in [-0.1, -0.05) is 23.7 Å². The molecule has 6 heteroatoms. The van der Waals surface area contributed by atoms with Crippen molar-refractivity contribution in [2.45, 2.75) is 13.5 Å². The quantitative estimate of drug-likeness (QED) is 0.906. The number of halogens is 1. The molecule has 0 aliphatic rings. The van der Waals surface area contributed by atoms with E-state index in [1.54, 1.807) is 12.1 Å². The molecule has 1 aromatic carbocycles. The molecule has 0 radical (unpaired) electrons. The van der Waals surface area contributed by atoms with Crippen molar-refractivity contribution in [3.05, 3.63) is 46.6 Å². The summed E-state index contributed by atoms with van der Waals surface area (Å²) in [7, 11) is 0. The monoisotopic (exact) mass is 281 g/mol. The zero-order valence-corrected chi connectivity index (χ0v) is 11.3. The topological polar surface area (TPSA) is 54.0 Å². The van der Waals surface area contributed by atoms with E-state index in [2.05, 4.69) is 15.0 Å². The molecule has 1 heterocycles. The second kappa shape index (κ2) is 5.84. The third-order valence-corrected chi connectivity index (χ3v) is 3.28. The Labute approximate surface area is 114 Å². The van der Waals surface area contributed by atoms with Gasteiger partial charge in [0.05, 0.1) is 5.69 Å². The van der Waals surface area contributed by atoms with Crippen LogP contribution in [0.3, 0.4) is 0 Å². The van der Waals surface area contributed by atoms with Crippen LogP contribution in [0.15, 0.2) is 30.3 Å². The van der Waals surface area contributed by atoms with E-state index in [-0.39, 0.29) is 6.03 Å². The molecule has 0 saturated heterocycles. The molecule has 2 aromatic rings. The molecule has 4 nitrogen and oxygen atoms in total. The first-order valence-corrected chi connectivity index (χ1v) is 6.51. The number of hydrogen-bond donors (Lipinski definition) is 2. The molecule has 2 rings (SSSR count). The summed E-state index contributed by atoms with van der Waals surface area (Å²) < 4.78 is 4.08. The van der Waals surface area contributed by atoms with Crippen LogP contribution in [0.1, 0.15) is 11.3 Å². The van der Waals surface area contributed by atoms with Crippen molar-refractivity contribution in [2.24, 2.45) is 0 Å². The lowest BCUT2D eigenvalue weighted by atomic mass is 10.2. The molecule has 94 valence electrons. The van der Waals surface area contributed by atoms with Crippen LogP contribution in [0.4, 0.5) is 9.80 Å². The maximum Gasteiger partial charge on any atom is 0.320 e. The number of rotatable bonds is 3. The van der Waals surface area contributed by atoms with Gasteiger partial charge in [0, 0.05) is 11.6 Å². The highest BCUT2D eigenvalue weighted by Crippen LogP contribution is 2.15. The Hall–Kier alpha value is -1.59. The number of carbonyl (C=O) groups is 1. The minimum Gasteiger partial charge on any atom is -0.334 e. The number of urea groups is 1. The highest BCUT2D eigenvalue weighted by Gasteiger charge is 2.04. The normalized spacial score (nSPS) is 10.1. The molecule has 1 aromatic heterocycles. The molecule has 0 atom stereocenters. The van der Waals surface area contributed by atoms with Gasteiger partial charge in [-0.05, 0) is 42.2 Å². The molecule has 18 heavy (non-hydrogen) atoms. The van der Waals surface area contributed by atoms with Crippen molar-refractivity contribution in [3.8, 4) is 0 Å². The van der Waals surface area contributed by atoms with Crippen molar-refractivity contribution in [3.63, 3.8) is 0 Å². The Kier molecular flexibility index (Phi) is 4.17. The second-order valence-electron chi connectivity index (χ2n) is 3.77. The summed E-state index contributed by atoms with van der Waals surface area (Å²) >= 11 is 7.04. The van der Waals surface area contributed by atoms with Crippen LogP contribution < -0.4 is 10.6 Å². The largest absolute Gasteiger partial charge is 0.334 e. The average Bonchev–Trinajstić information content (AvgIpc) is 2.74. The summed E-state index contributed by atoms with van der Waals surface area (Å²) in [5.74, 6) is 0. The third kappa shape index (κ3) is 3.72. The Morgan fingerprint density at radius 1 is 1.39 bits per heavy atom. The van der Waals surface area contributed by atoms with Gasteiger partial charge in [-0.2, -0.15) is 4.37 Å². The van der Waals surface area contributed by atoms with E-state index in [4.69, 9.17) is 11.6 Å². The highest BCUT2D eigenvalue weighted by atomic mass is 35.5. The van der Waals surface area contributed by atoms with Gasteiger partial charge >= 0.3 is 6.03 Å². The Balaban J connectivity index is 1.83. The van der Waals surface area contributed by atoms with Gasteiger partial charge in [-0.15, -0.1) is 0 Å². The molecule has 0 bridgehead atoms. The standard InChI is InChI=1S/C12H12ClN3OS/c1-8-6-11(18-16-8)15-12(17)14-7-9-2-4-10(13)5-3-9/h2-6H,7H2,1H3,(H2,14,15,17). The molecular weight excluding hydrogens is 270 g/mol. The van der Waals surface area contributed by atoms with Crippen molar-refractivity contribution in [1.82, 2.24) is 9.69 Å². The maximum atomic E-state index is 11.6. The van der Waals surface area contributed by atoms with E-state index >= 15 is 0 Å². The van der Waals surface area contributed by atoms with Crippen molar-refractivity contribution >= 4 is 34.2 Å². The maximum absolute atomic E-state index is 11.6. The minimum absolute atomic E-state index is 0.242. The van der Waals surface area contributed by atoms with Gasteiger partial charge in [0.25, 0.3) is 0 Å². The van der Waals surface area contributed by atoms with Crippen LogP contribution in [0.5, 0.6) is 0 Å². The van der Waals surface area contributed by atoms with Crippen LogP contribution in [-0.4, -0.2) is 10.4 Å². The number of nitrogens with one attached hydrogen (secondary N) is 2. The number of carbonyl (C=O) groups excluding carboxylic acids is 1. The number of nitrogens with zero attached hydrogens (tertiary/aromatic N) is 1. The van der Waals surface area contributed by atoms with Crippen LogP contribution >= 0.6 is 23.1 Å². The molecule has 0 aliphatic heterocycles. The zero-order valence-electron chi connectivity index (χ0n) is 9.74. The number of aromatic nitrogens is 1. The van der Waals surface area contributed by atoms with Gasteiger partial charge in [0.15, 0.2) is 0 Å². The van der Waals surface area contributed by atoms with Gasteiger partial charge in [0.2, 0.25) is 0 Å². The van der Waals surface area contributed by atoms with Crippen LogP contribution in [0.2, 0.25) is 5.02 Å². The van der Waals surface area contributed by atoms with Gasteiger partial charge in [-0.25, -0.2) is 4.79 Å². The predicted molar refractivity (Wildman–Crippen MR) is 74.2 cm³/mol. The third-order valence-electron chi connectivity index (χ3n) is 2.23. The summed E-state index contributed by atoms with van der Waals surface area (Å²) in [5.41, 5.74) is 1.89. The first-order valence-electron chi connectivity index (χ1n) is 5.36. The lowest BCUT2D eigenvalue weighted by Gasteiger charge is -2.05. The minimum atomic E-state index is -0.242. The fourth-order valence-electron chi connectivity index (χ4n) is 1.36. The predicted octanol–water partition coefficient (Wildman–Crippen LogP) is 3.43. The summed E-state index contributed by atoms with van der Waals surface area (Å²) in [4.78, 5) is 11.6. The lowest BCUT2D eigenvalue weighted by Crippen LogP contribution is -2.27. The van der Waals surface area contributed by atoms with E-state index in [1.165, 1.54) is 11.5 Å². The second-order valence-corrected chi connectivity index (χ2v) is 5.01. The summed E-state index contributed by atoms with van der Waals surface area (Å²) in [6, 6.07) is 8.92.